The van der Waals surface area contributed by atoms with Gasteiger partial charge in [0, 0.05) is 5.69 Å². The van der Waals surface area contributed by atoms with E-state index in [0.717, 1.165) is 29.9 Å². The molecular weight excluding hydrogens is 248 g/mol. The molecule has 0 saturated heterocycles. The Labute approximate surface area is 109 Å². The zero-order chi connectivity index (χ0) is 13.0. The summed E-state index contributed by atoms with van der Waals surface area (Å²) in [5.41, 5.74) is 7.43. The van der Waals surface area contributed by atoms with Gasteiger partial charge in [0.1, 0.15) is 0 Å². The molecule has 1 aromatic carbocycles. The summed E-state index contributed by atoms with van der Waals surface area (Å²) in [6.07, 6.45) is 2.15. The molecular formula is C12H14N4OS. The smallest absolute Gasteiger partial charge is 0.286 e. The number of aromatic nitrogens is 2. The van der Waals surface area contributed by atoms with Gasteiger partial charge in [0.2, 0.25) is 10.1 Å². The van der Waals surface area contributed by atoms with E-state index >= 15 is 0 Å². The van der Waals surface area contributed by atoms with Gasteiger partial charge in [-0.3, -0.25) is 4.79 Å². The van der Waals surface area contributed by atoms with Gasteiger partial charge in [-0.1, -0.05) is 36.8 Å². The number of benzene rings is 1. The average molecular weight is 262 g/mol. The van der Waals surface area contributed by atoms with Crippen LogP contribution in [0.5, 0.6) is 0 Å². The van der Waals surface area contributed by atoms with E-state index in [0.29, 0.717) is 5.13 Å². The van der Waals surface area contributed by atoms with E-state index in [1.54, 1.807) is 0 Å². The maximum Gasteiger partial charge on any atom is 0.286 e. The van der Waals surface area contributed by atoms with Gasteiger partial charge >= 0.3 is 0 Å². The number of nitrogens with one attached hydrogen (secondary N) is 1. The fourth-order valence-corrected chi connectivity index (χ4v) is 2.06. The van der Waals surface area contributed by atoms with Crippen molar-refractivity contribution >= 4 is 28.1 Å². The number of carbonyl (C=O) groups excluding carboxylic acids is 1. The lowest BCUT2D eigenvalue weighted by atomic mass is 10.1. The predicted octanol–water partition coefficient (Wildman–Crippen LogP) is 2.33. The van der Waals surface area contributed by atoms with Gasteiger partial charge in [-0.25, -0.2) is 0 Å². The van der Waals surface area contributed by atoms with E-state index in [1.165, 1.54) is 5.56 Å². The Morgan fingerprint density at radius 1 is 1.33 bits per heavy atom. The number of nitrogens with zero attached hydrogens (tertiary/aromatic N) is 2. The first-order valence-corrected chi connectivity index (χ1v) is 6.50. The van der Waals surface area contributed by atoms with Crippen LogP contribution in [-0.2, 0) is 6.42 Å². The molecule has 2 aromatic rings. The van der Waals surface area contributed by atoms with Crippen LogP contribution in [0.15, 0.2) is 24.3 Å². The number of aryl methyl sites for hydroxylation is 1. The second kappa shape index (κ2) is 5.59. The first-order valence-electron chi connectivity index (χ1n) is 5.68. The lowest BCUT2D eigenvalue weighted by Gasteiger charge is -2.04. The van der Waals surface area contributed by atoms with Gasteiger partial charge in [-0.05, 0) is 24.1 Å². The second-order valence-electron chi connectivity index (χ2n) is 3.85. The third-order valence-corrected chi connectivity index (χ3v) is 3.14. The van der Waals surface area contributed by atoms with Crippen molar-refractivity contribution < 1.29 is 4.79 Å². The number of anilines is 2. The minimum atomic E-state index is -0.285. The monoisotopic (exact) mass is 262 g/mol. The van der Waals surface area contributed by atoms with Crippen LogP contribution in [0.1, 0.15) is 28.7 Å². The summed E-state index contributed by atoms with van der Waals surface area (Å²) in [4.78, 5) is 11.8. The molecule has 1 heterocycles. The van der Waals surface area contributed by atoms with Crippen molar-refractivity contribution in [2.45, 2.75) is 19.8 Å². The molecule has 1 amide bonds. The normalized spacial score (nSPS) is 10.3. The summed E-state index contributed by atoms with van der Waals surface area (Å²) < 4.78 is 0. The fraction of sp³-hybridized carbons (Fsp3) is 0.250. The molecule has 1 aromatic heterocycles. The molecule has 0 aliphatic rings. The molecule has 0 radical (unpaired) electrons. The minimum absolute atomic E-state index is 0.269. The third kappa shape index (κ3) is 3.04. The van der Waals surface area contributed by atoms with Crippen molar-refractivity contribution in [1.29, 1.82) is 0 Å². The van der Waals surface area contributed by atoms with Crippen molar-refractivity contribution in [3.63, 3.8) is 0 Å². The maximum absolute atomic E-state index is 11.8. The van der Waals surface area contributed by atoms with Gasteiger partial charge in [-0.2, -0.15) is 0 Å². The van der Waals surface area contributed by atoms with Crippen LogP contribution in [0.3, 0.4) is 0 Å². The minimum Gasteiger partial charge on any atom is -0.374 e. The number of hydrogen-bond acceptors (Lipinski definition) is 5. The summed E-state index contributed by atoms with van der Waals surface area (Å²) in [6.45, 7) is 2.13. The average Bonchev–Trinajstić information content (AvgIpc) is 2.79. The van der Waals surface area contributed by atoms with Crippen LogP contribution in [0.4, 0.5) is 10.8 Å². The van der Waals surface area contributed by atoms with Crippen molar-refractivity contribution in [2.75, 3.05) is 11.1 Å². The highest BCUT2D eigenvalue weighted by molar-refractivity contribution is 7.16. The van der Waals surface area contributed by atoms with Crippen LogP contribution in [0.25, 0.3) is 0 Å². The molecule has 0 unspecified atom stereocenters. The summed E-state index contributed by atoms with van der Waals surface area (Å²) in [6, 6.07) is 7.78. The van der Waals surface area contributed by atoms with Gasteiger partial charge in [-0.15, -0.1) is 10.2 Å². The SMILES string of the molecule is CCCc1ccc(NC(=O)c2nnc(N)s2)cc1. The Bertz CT molecular complexity index is 535. The van der Waals surface area contributed by atoms with Crippen molar-refractivity contribution in [3.8, 4) is 0 Å². The molecule has 0 bridgehead atoms. The number of carbonyl (C=O) groups is 1. The van der Waals surface area contributed by atoms with Crippen LogP contribution in [0, 0.1) is 0 Å². The molecule has 0 saturated carbocycles. The van der Waals surface area contributed by atoms with E-state index in [1.807, 2.05) is 24.3 Å². The maximum atomic E-state index is 11.8. The number of hydrogen-bond donors (Lipinski definition) is 2. The topological polar surface area (TPSA) is 80.9 Å². The van der Waals surface area contributed by atoms with Gasteiger partial charge in [0.15, 0.2) is 0 Å². The van der Waals surface area contributed by atoms with E-state index in [-0.39, 0.29) is 10.9 Å². The Morgan fingerprint density at radius 2 is 2.06 bits per heavy atom. The molecule has 0 spiro atoms. The molecule has 0 aliphatic carbocycles. The fourth-order valence-electron chi connectivity index (χ4n) is 1.55. The Kier molecular flexibility index (Phi) is 3.88. The summed E-state index contributed by atoms with van der Waals surface area (Å²) in [7, 11) is 0. The predicted molar refractivity (Wildman–Crippen MR) is 72.7 cm³/mol. The number of rotatable bonds is 4. The van der Waals surface area contributed by atoms with Crippen molar-refractivity contribution in [1.82, 2.24) is 10.2 Å². The van der Waals surface area contributed by atoms with E-state index in [9.17, 15) is 4.79 Å². The zero-order valence-electron chi connectivity index (χ0n) is 10.0. The Hall–Kier alpha value is -1.95. The highest BCUT2D eigenvalue weighted by Gasteiger charge is 2.11. The van der Waals surface area contributed by atoms with Crippen LogP contribution in [-0.4, -0.2) is 16.1 Å². The standard InChI is InChI=1S/C12H14N4OS/c1-2-3-8-4-6-9(7-5-8)14-10(17)11-15-16-12(13)18-11/h4-7H,2-3H2,1H3,(H2,13,16)(H,14,17). The van der Waals surface area contributed by atoms with Crippen molar-refractivity contribution in [2.24, 2.45) is 0 Å². The molecule has 6 heteroatoms. The molecule has 3 N–H and O–H groups in total. The zero-order valence-corrected chi connectivity index (χ0v) is 10.8. The molecule has 0 fully saturated rings. The number of amides is 1. The first-order chi connectivity index (χ1) is 8.69. The van der Waals surface area contributed by atoms with E-state index in [2.05, 4.69) is 22.4 Å². The first kappa shape index (κ1) is 12.5. The highest BCUT2D eigenvalue weighted by atomic mass is 32.1. The summed E-state index contributed by atoms with van der Waals surface area (Å²) >= 11 is 1.07. The van der Waals surface area contributed by atoms with Crippen LogP contribution < -0.4 is 11.1 Å². The number of nitrogen functional groups attached to an aromatic ring is 1. The molecule has 0 aliphatic heterocycles. The van der Waals surface area contributed by atoms with Gasteiger partial charge in [0.05, 0.1) is 0 Å². The van der Waals surface area contributed by atoms with Gasteiger partial charge < -0.3 is 11.1 Å². The van der Waals surface area contributed by atoms with Crippen molar-refractivity contribution in [3.05, 3.63) is 34.8 Å². The summed E-state index contributed by atoms with van der Waals surface area (Å²) in [5, 5.41) is 10.6. The molecule has 2 rings (SSSR count). The van der Waals surface area contributed by atoms with Crippen LogP contribution >= 0.6 is 11.3 Å². The summed E-state index contributed by atoms with van der Waals surface area (Å²) in [5.74, 6) is -0.285. The Balaban J connectivity index is 2.03. The second-order valence-corrected chi connectivity index (χ2v) is 4.86. The molecule has 5 nitrogen and oxygen atoms in total. The lowest BCUT2D eigenvalue weighted by molar-refractivity contribution is 0.102. The molecule has 94 valence electrons. The number of nitrogens with two attached hydrogens (primary N) is 1. The van der Waals surface area contributed by atoms with E-state index < -0.39 is 0 Å². The molecule has 0 atom stereocenters. The van der Waals surface area contributed by atoms with E-state index in [4.69, 9.17) is 5.73 Å². The molecule has 18 heavy (non-hydrogen) atoms. The van der Waals surface area contributed by atoms with Gasteiger partial charge in [0.25, 0.3) is 5.91 Å². The largest absolute Gasteiger partial charge is 0.374 e. The third-order valence-electron chi connectivity index (χ3n) is 2.39. The quantitative estimate of drug-likeness (QED) is 0.886. The lowest BCUT2D eigenvalue weighted by Crippen LogP contribution is -2.11. The Morgan fingerprint density at radius 3 is 2.61 bits per heavy atom. The van der Waals surface area contributed by atoms with Crippen LogP contribution in [0.2, 0.25) is 0 Å². The highest BCUT2D eigenvalue weighted by Crippen LogP contribution is 2.15.